The smallest absolute Gasteiger partial charge is 0.379 e. The van der Waals surface area contributed by atoms with Gasteiger partial charge in [-0.2, -0.15) is 13.2 Å². The van der Waals surface area contributed by atoms with Crippen molar-refractivity contribution in [1.29, 1.82) is 0 Å². The molecular weight excluding hydrogens is 413 g/mol. The lowest BCUT2D eigenvalue weighted by Gasteiger charge is -2.18. The summed E-state index contributed by atoms with van der Waals surface area (Å²) in [6.07, 6.45) is -5.84. The van der Waals surface area contributed by atoms with Crippen LogP contribution in [0.15, 0.2) is 48.7 Å². The van der Waals surface area contributed by atoms with Crippen LogP contribution in [-0.2, 0) is 0 Å². The second-order valence-corrected chi connectivity index (χ2v) is 8.42. The van der Waals surface area contributed by atoms with E-state index in [9.17, 15) is 23.1 Å². The molecule has 0 aliphatic rings. The molecule has 0 aliphatic heterocycles. The molecule has 0 saturated carbocycles. The zero-order valence-corrected chi connectivity index (χ0v) is 17.4. The summed E-state index contributed by atoms with van der Waals surface area (Å²) in [5, 5.41) is 13.2. The predicted molar refractivity (Wildman–Crippen MR) is 110 cm³/mol. The maximum Gasteiger partial charge on any atom is 0.418 e. The van der Waals surface area contributed by atoms with Gasteiger partial charge in [0.05, 0.1) is 6.04 Å². The number of benzene rings is 2. The fourth-order valence-electron chi connectivity index (χ4n) is 2.96. The van der Waals surface area contributed by atoms with E-state index in [4.69, 9.17) is 0 Å². The molecule has 2 aromatic carbocycles. The minimum Gasteiger partial charge on any atom is -0.379 e. The van der Waals surface area contributed by atoms with Gasteiger partial charge in [0, 0.05) is 16.6 Å². The summed E-state index contributed by atoms with van der Waals surface area (Å²) in [4.78, 5) is 18.0. The lowest BCUT2D eigenvalue weighted by Crippen LogP contribution is -2.27. The Morgan fingerprint density at radius 1 is 1.10 bits per heavy atom. The largest absolute Gasteiger partial charge is 0.418 e. The van der Waals surface area contributed by atoms with Crippen LogP contribution in [0.1, 0.15) is 50.4 Å². The highest BCUT2D eigenvalue weighted by atomic mass is 32.1. The monoisotopic (exact) mass is 434 g/mol. The zero-order chi connectivity index (χ0) is 22.1. The molecule has 30 heavy (non-hydrogen) atoms. The van der Waals surface area contributed by atoms with Gasteiger partial charge in [-0.05, 0) is 55.7 Å². The Morgan fingerprint density at radius 2 is 1.77 bits per heavy atom. The van der Waals surface area contributed by atoms with Crippen LogP contribution in [0.2, 0.25) is 0 Å². The molecule has 3 aromatic rings. The van der Waals surface area contributed by atoms with Gasteiger partial charge in [-0.3, -0.25) is 4.79 Å². The van der Waals surface area contributed by atoms with Gasteiger partial charge in [-0.1, -0.05) is 29.8 Å². The van der Waals surface area contributed by atoms with E-state index in [-0.39, 0.29) is 11.1 Å². The van der Waals surface area contributed by atoms with E-state index in [1.165, 1.54) is 23.5 Å². The van der Waals surface area contributed by atoms with Crippen LogP contribution in [0.25, 0.3) is 11.1 Å². The van der Waals surface area contributed by atoms with Crippen molar-refractivity contribution < 1.29 is 23.1 Å². The fraction of sp³-hybridized carbons (Fsp3) is 0.273. The number of nitrogens with zero attached hydrogens (tertiary/aromatic N) is 1. The Kier molecular flexibility index (Phi) is 6.28. The summed E-state index contributed by atoms with van der Waals surface area (Å²) in [5.74, 6) is -0.542. The van der Waals surface area contributed by atoms with Gasteiger partial charge >= 0.3 is 6.18 Å². The fourth-order valence-corrected chi connectivity index (χ4v) is 3.73. The third-order valence-corrected chi connectivity index (χ3v) is 5.68. The van der Waals surface area contributed by atoms with Gasteiger partial charge in [0.25, 0.3) is 5.91 Å². The van der Waals surface area contributed by atoms with Crippen LogP contribution < -0.4 is 5.32 Å². The minimum absolute atomic E-state index is 0.0338. The summed E-state index contributed by atoms with van der Waals surface area (Å²) >= 11 is 1.43. The van der Waals surface area contributed by atoms with Gasteiger partial charge in [-0.15, -0.1) is 11.3 Å². The number of hydrogen-bond donors (Lipinski definition) is 2. The van der Waals surface area contributed by atoms with E-state index < -0.39 is 24.2 Å². The number of aliphatic hydroxyl groups excluding tert-OH is 1. The summed E-state index contributed by atoms with van der Waals surface area (Å²) in [5.41, 5.74) is 1.71. The summed E-state index contributed by atoms with van der Waals surface area (Å²) in [6, 6.07) is 10.6. The number of carbonyl (C=O) groups is 1. The zero-order valence-electron chi connectivity index (χ0n) is 16.6. The highest BCUT2D eigenvalue weighted by Crippen LogP contribution is 2.35. The number of nitrogens with one attached hydrogen (secondary N) is 1. The molecule has 1 heterocycles. The van der Waals surface area contributed by atoms with Crippen molar-refractivity contribution in [2.45, 2.75) is 39.1 Å². The summed E-state index contributed by atoms with van der Waals surface area (Å²) < 4.78 is 39.4. The molecule has 1 unspecified atom stereocenters. The lowest BCUT2D eigenvalue weighted by atomic mass is 9.96. The third-order valence-electron chi connectivity index (χ3n) is 4.59. The summed E-state index contributed by atoms with van der Waals surface area (Å²) in [6.45, 7) is 5.55. The molecule has 8 heteroatoms. The van der Waals surface area contributed by atoms with Crippen LogP contribution in [0, 0.1) is 13.8 Å². The number of hydrogen-bond acceptors (Lipinski definition) is 4. The number of aliphatic hydroxyl groups is 1. The number of alkyl halides is 3. The average molecular weight is 434 g/mol. The molecule has 0 spiro atoms. The standard InChI is InChI=1S/C22H21F3N2O2S/c1-12-4-6-15(7-5-12)16-8-17(19(28)22(23,24)25)10-18(9-16)20(29)27-14(3)21-26-11-13(2)30-21/h4-11,14,19,28H,1-3H3,(H,27,29)/t14-,19?/m1/s1. The lowest BCUT2D eigenvalue weighted by molar-refractivity contribution is -0.206. The SMILES string of the molecule is Cc1ccc(-c2cc(C(=O)N[C@H](C)c3ncc(C)s3)cc(C(O)C(F)(F)F)c2)cc1. The second-order valence-electron chi connectivity index (χ2n) is 7.16. The van der Waals surface area contributed by atoms with Crippen molar-refractivity contribution in [3.63, 3.8) is 0 Å². The Bertz CT molecular complexity index is 1050. The number of amides is 1. The number of thiazole rings is 1. The minimum atomic E-state index is -4.84. The molecule has 2 atom stereocenters. The number of aromatic nitrogens is 1. The molecule has 0 fully saturated rings. The van der Waals surface area contributed by atoms with Gasteiger partial charge in [0.2, 0.25) is 0 Å². The number of rotatable bonds is 5. The van der Waals surface area contributed by atoms with Crippen LogP contribution in [0.3, 0.4) is 0 Å². The van der Waals surface area contributed by atoms with Gasteiger partial charge in [0.15, 0.2) is 6.10 Å². The van der Waals surface area contributed by atoms with Gasteiger partial charge in [-0.25, -0.2) is 4.98 Å². The number of aryl methyl sites for hydroxylation is 2. The third kappa shape index (κ3) is 5.06. The number of halogens is 3. The van der Waals surface area contributed by atoms with Crippen molar-refractivity contribution in [3.05, 3.63) is 75.2 Å². The molecule has 0 bridgehead atoms. The van der Waals surface area contributed by atoms with Crippen molar-refractivity contribution in [2.75, 3.05) is 0 Å². The van der Waals surface area contributed by atoms with Crippen molar-refractivity contribution in [3.8, 4) is 11.1 Å². The first kappa shape index (κ1) is 22.0. The molecule has 2 N–H and O–H groups in total. The van der Waals surface area contributed by atoms with E-state index in [1.54, 1.807) is 25.3 Å². The van der Waals surface area contributed by atoms with Crippen LogP contribution in [-0.4, -0.2) is 22.2 Å². The first-order valence-corrected chi connectivity index (χ1v) is 10.1. The van der Waals surface area contributed by atoms with E-state index >= 15 is 0 Å². The molecule has 0 saturated heterocycles. The van der Waals surface area contributed by atoms with Crippen molar-refractivity contribution in [1.82, 2.24) is 10.3 Å². The first-order chi connectivity index (χ1) is 14.0. The maximum atomic E-state index is 13.1. The van der Waals surface area contributed by atoms with Crippen LogP contribution in [0.4, 0.5) is 13.2 Å². The van der Waals surface area contributed by atoms with Crippen molar-refractivity contribution >= 4 is 17.2 Å². The van der Waals surface area contributed by atoms with Crippen LogP contribution in [0.5, 0.6) is 0 Å². The highest BCUT2D eigenvalue weighted by molar-refractivity contribution is 7.11. The molecule has 0 radical (unpaired) electrons. The van der Waals surface area contributed by atoms with Gasteiger partial charge in [0.1, 0.15) is 5.01 Å². The second kappa shape index (κ2) is 8.57. The van der Waals surface area contributed by atoms with E-state index in [1.807, 2.05) is 26.0 Å². The normalized spacial score (nSPS) is 13.7. The summed E-state index contributed by atoms with van der Waals surface area (Å²) in [7, 11) is 0. The molecule has 0 aliphatic carbocycles. The Labute approximate surface area is 176 Å². The maximum absolute atomic E-state index is 13.1. The molecule has 3 rings (SSSR count). The molecule has 1 amide bonds. The first-order valence-electron chi connectivity index (χ1n) is 9.24. The molecular formula is C22H21F3N2O2S. The van der Waals surface area contributed by atoms with E-state index in [0.29, 0.717) is 16.1 Å². The van der Waals surface area contributed by atoms with E-state index in [0.717, 1.165) is 16.5 Å². The average Bonchev–Trinajstić information content (AvgIpc) is 3.13. The van der Waals surface area contributed by atoms with Crippen molar-refractivity contribution in [2.24, 2.45) is 0 Å². The number of carbonyl (C=O) groups excluding carboxylic acids is 1. The molecule has 1 aromatic heterocycles. The molecule has 4 nitrogen and oxygen atoms in total. The highest BCUT2D eigenvalue weighted by Gasteiger charge is 2.39. The van der Waals surface area contributed by atoms with Crippen LogP contribution >= 0.6 is 11.3 Å². The molecule has 158 valence electrons. The predicted octanol–water partition coefficient (Wildman–Crippen LogP) is 5.51. The Hall–Kier alpha value is -2.71. The quantitative estimate of drug-likeness (QED) is 0.556. The topological polar surface area (TPSA) is 62.2 Å². The Morgan fingerprint density at radius 3 is 2.33 bits per heavy atom. The Balaban J connectivity index is 1.98. The van der Waals surface area contributed by atoms with E-state index in [2.05, 4.69) is 10.3 Å². The van der Waals surface area contributed by atoms with Gasteiger partial charge < -0.3 is 10.4 Å².